The Balaban J connectivity index is 4.31. The highest BCUT2D eigenvalue weighted by Gasteiger charge is 2.30. The van der Waals surface area contributed by atoms with Gasteiger partial charge in [0.15, 0.2) is 0 Å². The van der Waals surface area contributed by atoms with Gasteiger partial charge in [0.2, 0.25) is 0 Å². The Bertz CT molecular complexity index is 264. The molecule has 0 saturated carbocycles. The number of esters is 1. The second-order valence-electron chi connectivity index (χ2n) is 4.84. The van der Waals surface area contributed by atoms with Crippen LogP contribution in [0.3, 0.4) is 0 Å². The highest BCUT2D eigenvalue weighted by Crippen LogP contribution is 2.20. The summed E-state index contributed by atoms with van der Waals surface area (Å²) in [5.74, 6) is -0.347. The number of rotatable bonds is 11. The van der Waals surface area contributed by atoms with Crippen LogP contribution in [0, 0.1) is 0 Å². The summed E-state index contributed by atoms with van der Waals surface area (Å²) in [6, 6.07) is 0.821. The van der Waals surface area contributed by atoms with E-state index in [1.807, 2.05) is 6.55 Å². The maximum absolute atomic E-state index is 11.3. The van der Waals surface area contributed by atoms with Gasteiger partial charge in [-0.3, -0.25) is 0 Å². The molecule has 0 bridgehead atoms. The van der Waals surface area contributed by atoms with Gasteiger partial charge in [0.1, 0.15) is 6.10 Å². The summed E-state index contributed by atoms with van der Waals surface area (Å²) in [4.78, 5) is 11.3. The first-order valence-electron chi connectivity index (χ1n) is 6.94. The zero-order valence-corrected chi connectivity index (χ0v) is 13.7. The van der Waals surface area contributed by atoms with Gasteiger partial charge in [0, 0.05) is 20.3 Å². The van der Waals surface area contributed by atoms with Crippen LogP contribution in [-0.2, 0) is 18.4 Å². The van der Waals surface area contributed by atoms with Gasteiger partial charge in [-0.1, -0.05) is 26.3 Å². The maximum atomic E-state index is 11.3. The van der Waals surface area contributed by atoms with Crippen molar-refractivity contribution in [1.82, 2.24) is 0 Å². The van der Waals surface area contributed by atoms with Crippen molar-refractivity contribution in [3.63, 3.8) is 0 Å². The molecule has 0 spiro atoms. The van der Waals surface area contributed by atoms with Crippen molar-refractivity contribution < 1.29 is 18.4 Å². The van der Waals surface area contributed by atoms with Crippen molar-refractivity contribution in [3.8, 4) is 0 Å². The normalized spacial score (nSPS) is 13.1. The molecule has 0 heterocycles. The predicted molar refractivity (Wildman–Crippen MR) is 79.3 cm³/mol. The molecule has 0 N–H and O–H groups in total. The molecule has 19 heavy (non-hydrogen) atoms. The van der Waals surface area contributed by atoms with Gasteiger partial charge in [0.05, 0.1) is 0 Å². The second-order valence-corrected chi connectivity index (χ2v) is 8.42. The molecular weight excluding hydrogens is 260 g/mol. The average Bonchev–Trinajstić information content (AvgIpc) is 2.44. The lowest BCUT2D eigenvalue weighted by atomic mass is 10.1. The van der Waals surface area contributed by atoms with Crippen LogP contribution in [0.25, 0.3) is 0 Å². The predicted octanol–water partition coefficient (Wildman–Crippen LogP) is 3.42. The van der Waals surface area contributed by atoms with Gasteiger partial charge in [-0.15, -0.1) is 0 Å². The lowest BCUT2D eigenvalue weighted by Gasteiger charge is -2.25. The van der Waals surface area contributed by atoms with E-state index < -0.39 is 8.56 Å². The molecule has 0 aromatic heterocycles. The molecule has 0 aliphatic heterocycles. The Labute approximate surface area is 118 Å². The minimum atomic E-state index is -2.09. The minimum Gasteiger partial charge on any atom is -0.459 e. The summed E-state index contributed by atoms with van der Waals surface area (Å²) in [5.41, 5.74) is 0. The Kier molecular flexibility index (Phi) is 9.82. The standard InChI is InChI=1S/C14H28O4Si/c1-6-8-9-10-13(18-14(15)7-2)11-12-19(5,16-3)17-4/h7,13H,2,6,8-12H2,1,3-5H3. The van der Waals surface area contributed by atoms with Crippen LogP contribution in [0.1, 0.15) is 39.0 Å². The van der Waals surface area contributed by atoms with E-state index in [4.69, 9.17) is 13.6 Å². The first-order valence-corrected chi connectivity index (χ1v) is 9.47. The fourth-order valence-electron chi connectivity index (χ4n) is 1.81. The van der Waals surface area contributed by atoms with Crippen LogP contribution in [0.4, 0.5) is 0 Å². The summed E-state index contributed by atoms with van der Waals surface area (Å²) >= 11 is 0. The summed E-state index contributed by atoms with van der Waals surface area (Å²) in [5, 5.41) is 0. The van der Waals surface area contributed by atoms with Crippen LogP contribution >= 0.6 is 0 Å². The molecule has 4 nitrogen and oxygen atoms in total. The minimum absolute atomic E-state index is 0.0609. The molecule has 0 amide bonds. The number of hydrogen-bond donors (Lipinski definition) is 0. The van der Waals surface area contributed by atoms with Gasteiger partial charge >= 0.3 is 14.5 Å². The monoisotopic (exact) mass is 288 g/mol. The quantitative estimate of drug-likeness (QED) is 0.253. The van der Waals surface area contributed by atoms with Crippen LogP contribution in [0.5, 0.6) is 0 Å². The van der Waals surface area contributed by atoms with Crippen LogP contribution < -0.4 is 0 Å². The molecule has 1 atom stereocenters. The van der Waals surface area contributed by atoms with Crippen LogP contribution in [0.15, 0.2) is 12.7 Å². The lowest BCUT2D eigenvalue weighted by Crippen LogP contribution is -2.37. The van der Waals surface area contributed by atoms with Gasteiger partial charge in [-0.2, -0.15) is 0 Å². The van der Waals surface area contributed by atoms with Gasteiger partial charge in [0.25, 0.3) is 0 Å². The molecule has 0 fully saturated rings. The molecule has 5 heteroatoms. The van der Waals surface area contributed by atoms with Crippen molar-refractivity contribution in [2.45, 2.75) is 57.7 Å². The number of hydrogen-bond acceptors (Lipinski definition) is 4. The lowest BCUT2D eigenvalue weighted by molar-refractivity contribution is -0.143. The zero-order valence-electron chi connectivity index (χ0n) is 12.7. The summed E-state index contributed by atoms with van der Waals surface area (Å²) in [6.45, 7) is 7.61. The smallest absolute Gasteiger partial charge is 0.334 e. The number of carbonyl (C=O) groups excluding carboxylic acids is 1. The van der Waals surface area contributed by atoms with Crippen molar-refractivity contribution in [1.29, 1.82) is 0 Å². The van der Waals surface area contributed by atoms with Gasteiger partial charge < -0.3 is 13.6 Å². The van der Waals surface area contributed by atoms with E-state index >= 15 is 0 Å². The first-order chi connectivity index (χ1) is 9.01. The molecule has 0 aliphatic rings. The molecule has 1 unspecified atom stereocenters. The highest BCUT2D eigenvalue weighted by atomic mass is 28.4. The molecule has 0 rings (SSSR count). The fraction of sp³-hybridized carbons (Fsp3) is 0.786. The highest BCUT2D eigenvalue weighted by molar-refractivity contribution is 6.65. The Morgan fingerprint density at radius 3 is 2.37 bits per heavy atom. The van der Waals surface area contributed by atoms with Crippen molar-refractivity contribution in [2.75, 3.05) is 14.2 Å². The van der Waals surface area contributed by atoms with E-state index in [9.17, 15) is 4.79 Å². The average molecular weight is 288 g/mol. The molecule has 0 aliphatic carbocycles. The van der Waals surface area contributed by atoms with E-state index in [1.54, 1.807) is 14.2 Å². The Hall–Kier alpha value is -0.653. The second kappa shape index (κ2) is 10.2. The van der Waals surface area contributed by atoms with E-state index in [0.29, 0.717) is 0 Å². The number of ether oxygens (including phenoxy) is 1. The fourth-order valence-corrected chi connectivity index (χ4v) is 3.23. The van der Waals surface area contributed by atoms with Gasteiger partial charge in [-0.05, 0) is 31.9 Å². The van der Waals surface area contributed by atoms with Gasteiger partial charge in [-0.25, -0.2) is 4.79 Å². The summed E-state index contributed by atoms with van der Waals surface area (Å²) in [6.07, 6.45) is 6.23. The Morgan fingerprint density at radius 2 is 1.89 bits per heavy atom. The molecule has 0 radical (unpaired) electrons. The summed E-state index contributed by atoms with van der Waals surface area (Å²) in [7, 11) is 1.27. The van der Waals surface area contributed by atoms with Crippen molar-refractivity contribution in [3.05, 3.63) is 12.7 Å². The molecular formula is C14H28O4Si. The number of carbonyl (C=O) groups is 1. The summed E-state index contributed by atoms with van der Waals surface area (Å²) < 4.78 is 16.3. The first kappa shape index (κ1) is 18.3. The van der Waals surface area contributed by atoms with Crippen molar-refractivity contribution in [2.24, 2.45) is 0 Å². The van der Waals surface area contributed by atoms with Crippen LogP contribution in [-0.4, -0.2) is 34.9 Å². The van der Waals surface area contributed by atoms with E-state index in [1.165, 1.54) is 6.08 Å². The Morgan fingerprint density at radius 1 is 1.26 bits per heavy atom. The molecule has 0 aromatic rings. The maximum Gasteiger partial charge on any atom is 0.334 e. The molecule has 0 aromatic carbocycles. The molecule has 0 saturated heterocycles. The zero-order chi connectivity index (χ0) is 14.7. The SMILES string of the molecule is C=CC(=O)OC(CCCCC)CC[Si](C)(OC)OC. The van der Waals surface area contributed by atoms with E-state index in [0.717, 1.165) is 38.1 Å². The van der Waals surface area contributed by atoms with Crippen molar-refractivity contribution >= 4 is 14.5 Å². The van der Waals surface area contributed by atoms with Crippen LogP contribution in [0.2, 0.25) is 12.6 Å². The topological polar surface area (TPSA) is 44.8 Å². The third-order valence-electron chi connectivity index (χ3n) is 3.36. The third-order valence-corrected chi connectivity index (χ3v) is 6.29. The number of unbranched alkanes of at least 4 members (excludes halogenated alkanes) is 2. The van der Waals surface area contributed by atoms with E-state index in [-0.39, 0.29) is 12.1 Å². The molecule has 112 valence electrons. The van der Waals surface area contributed by atoms with E-state index in [2.05, 4.69) is 13.5 Å². The largest absolute Gasteiger partial charge is 0.459 e. The third kappa shape index (κ3) is 8.18.